The number of nitrogens with one attached hydrogen (secondary N) is 1. The summed E-state index contributed by atoms with van der Waals surface area (Å²) in [6.45, 7) is -0.340. The standard InChI is InChI=1S/C9H11N3O6/c1-11-7(16)10-6(15)9(11)2-4(5(13)14)12(3-9)8(17)18/h4H,2-3H2,1H3,(H,13,14)(H,17,18)(H,10,15,16)/t4-,9?/m0/s1. The van der Waals surface area contributed by atoms with Crippen molar-refractivity contribution in [3.63, 3.8) is 0 Å². The zero-order chi connectivity index (χ0) is 13.7. The predicted molar refractivity (Wildman–Crippen MR) is 54.8 cm³/mol. The highest BCUT2D eigenvalue weighted by Crippen LogP contribution is 2.35. The van der Waals surface area contributed by atoms with E-state index in [1.807, 2.05) is 0 Å². The van der Waals surface area contributed by atoms with E-state index in [-0.39, 0.29) is 13.0 Å². The third-order valence-corrected chi connectivity index (χ3v) is 3.46. The van der Waals surface area contributed by atoms with Gasteiger partial charge in [-0.15, -0.1) is 0 Å². The number of hydrogen-bond acceptors (Lipinski definition) is 4. The summed E-state index contributed by atoms with van der Waals surface area (Å²) in [5.41, 5.74) is -1.42. The summed E-state index contributed by atoms with van der Waals surface area (Å²) in [5, 5.41) is 20.0. The molecule has 9 nitrogen and oxygen atoms in total. The quantitative estimate of drug-likeness (QED) is 0.503. The van der Waals surface area contributed by atoms with Gasteiger partial charge in [0.05, 0.1) is 6.54 Å². The summed E-state index contributed by atoms with van der Waals surface area (Å²) in [6.07, 6.45) is -1.68. The van der Waals surface area contributed by atoms with Gasteiger partial charge in [-0.2, -0.15) is 0 Å². The minimum atomic E-state index is -1.43. The van der Waals surface area contributed by atoms with Gasteiger partial charge in [-0.05, 0) is 0 Å². The smallest absolute Gasteiger partial charge is 0.408 e. The fourth-order valence-electron chi connectivity index (χ4n) is 2.36. The highest BCUT2D eigenvalue weighted by Gasteiger charge is 2.60. The van der Waals surface area contributed by atoms with Crippen molar-refractivity contribution >= 4 is 24.0 Å². The second kappa shape index (κ2) is 3.59. The van der Waals surface area contributed by atoms with Crippen LogP contribution in [-0.2, 0) is 9.59 Å². The number of carbonyl (C=O) groups excluding carboxylic acids is 2. The molecule has 2 aliphatic heterocycles. The fraction of sp³-hybridized carbons (Fsp3) is 0.556. The van der Waals surface area contributed by atoms with Crippen molar-refractivity contribution in [3.8, 4) is 0 Å². The van der Waals surface area contributed by atoms with E-state index in [1.165, 1.54) is 7.05 Å². The Morgan fingerprint density at radius 2 is 2.00 bits per heavy atom. The van der Waals surface area contributed by atoms with E-state index in [1.54, 1.807) is 0 Å². The summed E-state index contributed by atoms with van der Waals surface area (Å²) >= 11 is 0. The Balaban J connectivity index is 2.38. The summed E-state index contributed by atoms with van der Waals surface area (Å²) < 4.78 is 0. The molecule has 2 fully saturated rings. The summed E-state index contributed by atoms with van der Waals surface area (Å²) in [7, 11) is 1.34. The van der Waals surface area contributed by atoms with Crippen LogP contribution in [0.15, 0.2) is 0 Å². The number of carboxylic acid groups (broad SMARTS) is 2. The van der Waals surface area contributed by atoms with Gasteiger partial charge in [0.1, 0.15) is 11.6 Å². The van der Waals surface area contributed by atoms with Gasteiger partial charge in [0.15, 0.2) is 0 Å². The molecule has 2 atom stereocenters. The maximum absolute atomic E-state index is 11.8. The van der Waals surface area contributed by atoms with Gasteiger partial charge in [0.25, 0.3) is 5.91 Å². The molecule has 0 aromatic carbocycles. The van der Waals surface area contributed by atoms with Gasteiger partial charge in [-0.1, -0.05) is 0 Å². The lowest BCUT2D eigenvalue weighted by atomic mass is 9.95. The number of imide groups is 1. The van der Waals surface area contributed by atoms with Crippen molar-refractivity contribution in [3.05, 3.63) is 0 Å². The summed E-state index contributed by atoms with van der Waals surface area (Å²) in [4.78, 5) is 46.9. The zero-order valence-corrected chi connectivity index (χ0v) is 9.41. The molecule has 98 valence electrons. The van der Waals surface area contributed by atoms with Crippen LogP contribution in [0.5, 0.6) is 0 Å². The monoisotopic (exact) mass is 257 g/mol. The van der Waals surface area contributed by atoms with Crippen LogP contribution < -0.4 is 5.32 Å². The lowest BCUT2D eigenvalue weighted by molar-refractivity contribution is -0.141. The molecule has 0 radical (unpaired) electrons. The highest BCUT2D eigenvalue weighted by molar-refractivity contribution is 6.08. The van der Waals surface area contributed by atoms with E-state index in [2.05, 4.69) is 5.32 Å². The second-order valence-corrected chi connectivity index (χ2v) is 4.32. The van der Waals surface area contributed by atoms with Crippen molar-refractivity contribution in [2.75, 3.05) is 13.6 Å². The zero-order valence-electron chi connectivity index (χ0n) is 9.41. The Kier molecular flexibility index (Phi) is 2.42. The third-order valence-electron chi connectivity index (χ3n) is 3.46. The topological polar surface area (TPSA) is 127 Å². The van der Waals surface area contributed by atoms with Crippen LogP contribution in [-0.4, -0.2) is 69.2 Å². The molecule has 4 amide bonds. The highest BCUT2D eigenvalue weighted by atomic mass is 16.4. The first-order valence-electron chi connectivity index (χ1n) is 5.11. The summed E-state index contributed by atoms with van der Waals surface area (Å²) in [6, 6.07) is -1.99. The van der Waals surface area contributed by atoms with Crippen LogP contribution in [0.25, 0.3) is 0 Å². The first-order chi connectivity index (χ1) is 8.29. The van der Waals surface area contributed by atoms with Crippen LogP contribution in [0.3, 0.4) is 0 Å². The van der Waals surface area contributed by atoms with Gasteiger partial charge in [0, 0.05) is 13.5 Å². The normalized spacial score (nSPS) is 31.1. The molecule has 3 N–H and O–H groups in total. The summed E-state index contributed by atoms with van der Waals surface area (Å²) in [5.74, 6) is -2.00. The Morgan fingerprint density at radius 1 is 1.39 bits per heavy atom. The van der Waals surface area contributed by atoms with E-state index in [0.717, 1.165) is 4.90 Å². The molecule has 2 saturated heterocycles. The molecule has 1 unspecified atom stereocenters. The average Bonchev–Trinajstić information content (AvgIpc) is 2.77. The van der Waals surface area contributed by atoms with Gasteiger partial charge < -0.3 is 15.1 Å². The molecule has 0 bridgehead atoms. The van der Waals surface area contributed by atoms with Crippen molar-refractivity contribution < 1.29 is 29.4 Å². The number of likely N-dealkylation sites (tertiary alicyclic amines) is 1. The van der Waals surface area contributed by atoms with Crippen molar-refractivity contribution in [2.45, 2.75) is 18.0 Å². The van der Waals surface area contributed by atoms with Crippen molar-refractivity contribution in [1.82, 2.24) is 15.1 Å². The molecular weight excluding hydrogens is 246 g/mol. The number of amides is 4. The molecule has 2 rings (SSSR count). The Bertz CT molecular complexity index is 439. The number of aliphatic carboxylic acids is 1. The average molecular weight is 257 g/mol. The van der Waals surface area contributed by atoms with E-state index in [9.17, 15) is 19.2 Å². The Hall–Kier alpha value is -2.32. The molecule has 0 aromatic rings. The van der Waals surface area contributed by atoms with Crippen LogP contribution >= 0.6 is 0 Å². The lowest BCUT2D eigenvalue weighted by Crippen LogP contribution is -2.50. The van der Waals surface area contributed by atoms with Gasteiger partial charge in [0.2, 0.25) is 0 Å². The number of carboxylic acids is 1. The van der Waals surface area contributed by atoms with Crippen LogP contribution in [0.1, 0.15) is 6.42 Å². The molecule has 2 aliphatic rings. The molecule has 0 aromatic heterocycles. The minimum Gasteiger partial charge on any atom is -0.480 e. The van der Waals surface area contributed by atoms with Gasteiger partial charge >= 0.3 is 18.1 Å². The van der Waals surface area contributed by atoms with Crippen LogP contribution in [0.4, 0.5) is 9.59 Å². The number of likely N-dealkylation sites (N-methyl/N-ethyl adjacent to an activating group) is 1. The molecular formula is C9H11N3O6. The number of hydrogen-bond donors (Lipinski definition) is 3. The third kappa shape index (κ3) is 1.40. The molecule has 0 aliphatic carbocycles. The number of rotatable bonds is 1. The van der Waals surface area contributed by atoms with E-state index < -0.39 is 35.6 Å². The van der Waals surface area contributed by atoms with Gasteiger partial charge in [-0.3, -0.25) is 15.0 Å². The van der Waals surface area contributed by atoms with Crippen molar-refractivity contribution in [2.24, 2.45) is 0 Å². The Morgan fingerprint density at radius 3 is 2.33 bits per heavy atom. The predicted octanol–water partition coefficient (Wildman–Crippen LogP) is -1.26. The first kappa shape index (κ1) is 12.1. The van der Waals surface area contributed by atoms with Crippen LogP contribution in [0.2, 0.25) is 0 Å². The largest absolute Gasteiger partial charge is 0.480 e. The molecule has 9 heteroatoms. The molecule has 0 saturated carbocycles. The van der Waals surface area contributed by atoms with E-state index >= 15 is 0 Å². The minimum absolute atomic E-state index is 0.247. The molecule has 18 heavy (non-hydrogen) atoms. The Labute approximate surface area is 101 Å². The lowest BCUT2D eigenvalue weighted by Gasteiger charge is -2.27. The SMILES string of the molecule is CN1C(=O)NC(=O)C12C[C@@H](C(=O)O)N(C(=O)O)C2. The maximum Gasteiger partial charge on any atom is 0.408 e. The van der Waals surface area contributed by atoms with Gasteiger partial charge in [-0.25, -0.2) is 14.4 Å². The fourth-order valence-corrected chi connectivity index (χ4v) is 2.36. The van der Waals surface area contributed by atoms with E-state index in [4.69, 9.17) is 10.2 Å². The maximum atomic E-state index is 11.8. The van der Waals surface area contributed by atoms with Crippen LogP contribution in [0, 0.1) is 0 Å². The van der Waals surface area contributed by atoms with Crippen molar-refractivity contribution in [1.29, 1.82) is 0 Å². The van der Waals surface area contributed by atoms with E-state index in [0.29, 0.717) is 4.90 Å². The first-order valence-corrected chi connectivity index (χ1v) is 5.11. The molecule has 1 spiro atoms. The number of nitrogens with zero attached hydrogens (tertiary/aromatic N) is 2. The number of urea groups is 1. The molecule has 2 heterocycles. The number of carbonyl (C=O) groups is 4. The second-order valence-electron chi connectivity index (χ2n) is 4.32.